The van der Waals surface area contributed by atoms with E-state index in [9.17, 15) is 13.2 Å². The number of para-hydroxylation sites is 1. The molecule has 0 aromatic heterocycles. The Labute approximate surface area is 199 Å². The first-order valence-corrected chi connectivity index (χ1v) is 12.0. The number of hydrogen-bond donors (Lipinski definition) is 2. The molecule has 166 valence electrons. The normalized spacial score (nSPS) is 11.4. The molecule has 0 unspecified atom stereocenters. The molecular weight excluding hydrogens is 518 g/mol. The van der Waals surface area contributed by atoms with Crippen LogP contribution in [0.1, 0.15) is 11.1 Å². The van der Waals surface area contributed by atoms with Gasteiger partial charge in [-0.1, -0.05) is 51.8 Å². The Hall–Kier alpha value is -2.72. The summed E-state index contributed by atoms with van der Waals surface area (Å²) in [4.78, 5) is 12.0. The molecule has 7 nitrogen and oxygen atoms in total. The lowest BCUT2D eigenvalue weighted by Crippen LogP contribution is -2.34. The summed E-state index contributed by atoms with van der Waals surface area (Å²) in [6.07, 6.45) is 1.43. The third-order valence-electron chi connectivity index (χ3n) is 4.14. The highest BCUT2D eigenvalue weighted by atomic mass is 79.9. The lowest BCUT2D eigenvalue weighted by atomic mass is 10.2. The van der Waals surface area contributed by atoms with Crippen molar-refractivity contribution in [1.82, 2.24) is 10.1 Å². The van der Waals surface area contributed by atoms with Gasteiger partial charge in [-0.25, -0.2) is 18.6 Å². The fourth-order valence-corrected chi connectivity index (χ4v) is 4.13. The van der Waals surface area contributed by atoms with Gasteiger partial charge < -0.3 is 4.74 Å². The summed E-state index contributed by atoms with van der Waals surface area (Å²) in [7, 11) is -3.84. The number of hydrogen-bond acceptors (Lipinski definition) is 5. The van der Waals surface area contributed by atoms with Gasteiger partial charge in [0.1, 0.15) is 12.4 Å². The standard InChI is InChI=1S/C22H19BrClN3O4S/c23-18-6-3-4-16(12-18)15-31-21-7-2-1-5-17(21)13-25-27-22(28)14-26-32(29,30)20-10-8-19(24)9-11-20/h1-13,26H,14-15H2,(H,27,28). The van der Waals surface area contributed by atoms with Crippen LogP contribution in [0.4, 0.5) is 0 Å². The van der Waals surface area contributed by atoms with E-state index in [0.717, 1.165) is 10.0 Å². The van der Waals surface area contributed by atoms with Gasteiger partial charge in [0, 0.05) is 15.1 Å². The molecule has 32 heavy (non-hydrogen) atoms. The van der Waals surface area contributed by atoms with Gasteiger partial charge in [-0.05, 0) is 54.1 Å². The van der Waals surface area contributed by atoms with E-state index >= 15 is 0 Å². The number of halogens is 2. The number of ether oxygens (including phenoxy) is 1. The van der Waals surface area contributed by atoms with E-state index in [1.54, 1.807) is 12.1 Å². The van der Waals surface area contributed by atoms with E-state index in [-0.39, 0.29) is 4.90 Å². The third kappa shape index (κ3) is 7.16. The molecule has 0 fully saturated rings. The fraction of sp³-hybridized carbons (Fsp3) is 0.0909. The number of rotatable bonds is 9. The molecule has 3 aromatic rings. The number of carbonyl (C=O) groups excluding carboxylic acids is 1. The molecule has 3 aromatic carbocycles. The molecule has 0 aliphatic rings. The summed E-state index contributed by atoms with van der Waals surface area (Å²) in [5, 5.41) is 4.31. The van der Waals surface area contributed by atoms with E-state index < -0.39 is 22.5 Å². The number of sulfonamides is 1. The lowest BCUT2D eigenvalue weighted by molar-refractivity contribution is -0.119. The Morgan fingerprint density at radius 3 is 2.56 bits per heavy atom. The Kier molecular flexibility index (Phi) is 8.40. The van der Waals surface area contributed by atoms with Crippen molar-refractivity contribution in [2.24, 2.45) is 5.10 Å². The molecule has 10 heteroatoms. The second kappa shape index (κ2) is 11.2. The van der Waals surface area contributed by atoms with Gasteiger partial charge >= 0.3 is 0 Å². The summed E-state index contributed by atoms with van der Waals surface area (Å²) in [6.45, 7) is -0.105. The molecule has 3 rings (SSSR count). The second-order valence-corrected chi connectivity index (χ2v) is 9.65. The molecule has 0 aliphatic carbocycles. The summed E-state index contributed by atoms with van der Waals surface area (Å²) < 4.78 is 33.4. The third-order valence-corrected chi connectivity index (χ3v) is 6.30. The van der Waals surface area contributed by atoms with Crippen molar-refractivity contribution in [3.05, 3.63) is 93.4 Å². The Balaban J connectivity index is 1.54. The predicted octanol–water partition coefficient (Wildman–Crippen LogP) is 4.11. The predicted molar refractivity (Wildman–Crippen MR) is 127 cm³/mol. The van der Waals surface area contributed by atoms with Crippen molar-refractivity contribution in [2.75, 3.05) is 6.54 Å². The number of carbonyl (C=O) groups is 1. The highest BCUT2D eigenvalue weighted by Crippen LogP contribution is 2.19. The number of nitrogens with one attached hydrogen (secondary N) is 2. The second-order valence-electron chi connectivity index (χ2n) is 6.53. The molecule has 0 saturated heterocycles. The summed E-state index contributed by atoms with van der Waals surface area (Å²) in [5.74, 6) is -0.0276. The molecule has 0 radical (unpaired) electrons. The number of nitrogens with zero attached hydrogens (tertiary/aromatic N) is 1. The SMILES string of the molecule is O=C(CNS(=O)(=O)c1ccc(Cl)cc1)NN=Cc1ccccc1OCc1cccc(Br)c1. The Bertz CT molecular complexity index is 1220. The quantitative estimate of drug-likeness (QED) is 0.318. The van der Waals surface area contributed by atoms with Crippen LogP contribution in [0.3, 0.4) is 0 Å². The van der Waals surface area contributed by atoms with E-state index in [0.29, 0.717) is 22.9 Å². The molecular formula is C22H19BrClN3O4S. The van der Waals surface area contributed by atoms with E-state index in [2.05, 4.69) is 31.2 Å². The zero-order chi connectivity index (χ0) is 23.0. The number of benzene rings is 3. The molecule has 2 N–H and O–H groups in total. The topological polar surface area (TPSA) is 96.9 Å². The van der Waals surface area contributed by atoms with E-state index in [1.807, 2.05) is 36.4 Å². The van der Waals surface area contributed by atoms with Crippen LogP contribution >= 0.6 is 27.5 Å². The number of hydrazone groups is 1. The van der Waals surface area contributed by atoms with Crippen LogP contribution in [0.25, 0.3) is 0 Å². The molecule has 1 amide bonds. The summed E-state index contributed by atoms with van der Waals surface area (Å²) in [6, 6.07) is 20.6. The largest absolute Gasteiger partial charge is 0.488 e. The molecule has 0 spiro atoms. The van der Waals surface area contributed by atoms with Crippen molar-refractivity contribution < 1.29 is 17.9 Å². The highest BCUT2D eigenvalue weighted by Gasteiger charge is 2.15. The van der Waals surface area contributed by atoms with Crippen LogP contribution in [0.2, 0.25) is 5.02 Å². The van der Waals surface area contributed by atoms with Crippen molar-refractivity contribution in [2.45, 2.75) is 11.5 Å². The van der Waals surface area contributed by atoms with E-state index in [1.165, 1.54) is 30.5 Å². The highest BCUT2D eigenvalue weighted by molar-refractivity contribution is 9.10. The maximum Gasteiger partial charge on any atom is 0.255 e. The average molecular weight is 537 g/mol. The first-order chi connectivity index (χ1) is 15.3. The molecule has 0 heterocycles. The van der Waals surface area contributed by atoms with Gasteiger partial charge in [0.25, 0.3) is 5.91 Å². The van der Waals surface area contributed by atoms with Crippen molar-refractivity contribution in [3.8, 4) is 5.75 Å². The van der Waals surface area contributed by atoms with Crippen molar-refractivity contribution >= 4 is 49.7 Å². The van der Waals surface area contributed by atoms with Crippen LogP contribution in [0, 0.1) is 0 Å². The van der Waals surface area contributed by atoms with Crippen LogP contribution < -0.4 is 14.9 Å². The zero-order valence-corrected chi connectivity index (χ0v) is 19.8. The minimum atomic E-state index is -3.84. The minimum Gasteiger partial charge on any atom is -0.488 e. The summed E-state index contributed by atoms with van der Waals surface area (Å²) in [5.41, 5.74) is 3.94. The smallest absolute Gasteiger partial charge is 0.255 e. The average Bonchev–Trinajstić information content (AvgIpc) is 2.77. The maximum absolute atomic E-state index is 12.2. The lowest BCUT2D eigenvalue weighted by Gasteiger charge is -2.09. The van der Waals surface area contributed by atoms with Crippen LogP contribution in [0.5, 0.6) is 5.75 Å². The minimum absolute atomic E-state index is 0.00900. The molecule has 0 aliphatic heterocycles. The first-order valence-electron chi connectivity index (χ1n) is 9.37. The van der Waals surface area contributed by atoms with Gasteiger partial charge in [-0.2, -0.15) is 5.10 Å². The van der Waals surface area contributed by atoms with Gasteiger partial charge in [-0.15, -0.1) is 0 Å². The van der Waals surface area contributed by atoms with E-state index in [4.69, 9.17) is 16.3 Å². The fourth-order valence-electron chi connectivity index (χ4n) is 2.58. The number of amides is 1. The van der Waals surface area contributed by atoms with Crippen LogP contribution in [-0.2, 0) is 21.4 Å². The Morgan fingerprint density at radius 1 is 1.06 bits per heavy atom. The molecule has 0 atom stereocenters. The van der Waals surface area contributed by atoms with Gasteiger partial charge in [-0.3, -0.25) is 4.79 Å². The van der Waals surface area contributed by atoms with Gasteiger partial charge in [0.2, 0.25) is 10.0 Å². The van der Waals surface area contributed by atoms with Gasteiger partial charge in [0.05, 0.1) is 17.7 Å². The first kappa shape index (κ1) is 23.9. The van der Waals surface area contributed by atoms with Crippen molar-refractivity contribution in [1.29, 1.82) is 0 Å². The summed E-state index contributed by atoms with van der Waals surface area (Å²) >= 11 is 9.19. The Morgan fingerprint density at radius 2 is 1.81 bits per heavy atom. The van der Waals surface area contributed by atoms with Gasteiger partial charge in [0.15, 0.2) is 0 Å². The zero-order valence-electron chi connectivity index (χ0n) is 16.7. The van der Waals surface area contributed by atoms with Crippen LogP contribution in [0.15, 0.2) is 87.3 Å². The maximum atomic E-state index is 12.2. The van der Waals surface area contributed by atoms with Crippen LogP contribution in [-0.4, -0.2) is 27.1 Å². The monoisotopic (exact) mass is 535 g/mol. The molecule has 0 bridgehead atoms. The van der Waals surface area contributed by atoms with Crippen molar-refractivity contribution in [3.63, 3.8) is 0 Å². The molecule has 0 saturated carbocycles.